The zero-order valence-electron chi connectivity index (χ0n) is 14.3. The number of ether oxygens (including phenoxy) is 1. The van der Waals surface area contributed by atoms with E-state index in [4.69, 9.17) is 4.74 Å². The highest BCUT2D eigenvalue weighted by molar-refractivity contribution is 5.76. The van der Waals surface area contributed by atoms with E-state index in [1.54, 1.807) is 7.11 Å². The zero-order valence-corrected chi connectivity index (χ0v) is 14.3. The molecule has 0 unspecified atom stereocenters. The molecule has 0 saturated carbocycles. The summed E-state index contributed by atoms with van der Waals surface area (Å²) in [5, 5.41) is 7.45. The van der Waals surface area contributed by atoms with E-state index in [1.165, 1.54) is 0 Å². The quantitative estimate of drug-likeness (QED) is 0.854. The maximum absolute atomic E-state index is 12.1. The van der Waals surface area contributed by atoms with E-state index < -0.39 is 0 Å². The fourth-order valence-corrected chi connectivity index (χ4v) is 2.60. The Labute approximate surface area is 137 Å². The molecule has 1 N–H and O–H groups in total. The normalized spacial score (nSPS) is 12.0. The molecule has 2 rings (SSSR count). The summed E-state index contributed by atoms with van der Waals surface area (Å²) in [7, 11) is 1.65. The van der Waals surface area contributed by atoms with Crippen molar-refractivity contribution in [2.75, 3.05) is 7.11 Å². The summed E-state index contributed by atoms with van der Waals surface area (Å²) in [4.78, 5) is 12.1. The Kier molecular flexibility index (Phi) is 5.79. The number of hydrogen-bond donors (Lipinski definition) is 1. The van der Waals surface area contributed by atoms with Crippen LogP contribution >= 0.6 is 0 Å². The van der Waals surface area contributed by atoms with Crippen molar-refractivity contribution in [2.24, 2.45) is 0 Å². The highest BCUT2D eigenvalue weighted by atomic mass is 16.5. The SMILES string of the molecule is COc1cccc(CCC(=O)N[C@@H](C)Cn2nc(C)cc2C)c1. The van der Waals surface area contributed by atoms with Gasteiger partial charge < -0.3 is 10.1 Å². The Balaban J connectivity index is 1.80. The molecule has 5 heteroatoms. The molecule has 5 nitrogen and oxygen atoms in total. The topological polar surface area (TPSA) is 56.1 Å². The van der Waals surface area contributed by atoms with Crippen LogP contribution in [-0.4, -0.2) is 28.8 Å². The number of aromatic nitrogens is 2. The summed E-state index contributed by atoms with van der Waals surface area (Å²) in [6.07, 6.45) is 1.17. The second-order valence-electron chi connectivity index (χ2n) is 5.93. The van der Waals surface area contributed by atoms with Crippen LogP contribution < -0.4 is 10.1 Å². The van der Waals surface area contributed by atoms with Gasteiger partial charge in [-0.15, -0.1) is 0 Å². The lowest BCUT2D eigenvalue weighted by molar-refractivity contribution is -0.121. The van der Waals surface area contributed by atoms with Crippen molar-refractivity contribution < 1.29 is 9.53 Å². The van der Waals surface area contributed by atoms with Gasteiger partial charge in [0.15, 0.2) is 0 Å². The van der Waals surface area contributed by atoms with Gasteiger partial charge >= 0.3 is 0 Å². The van der Waals surface area contributed by atoms with E-state index in [9.17, 15) is 4.79 Å². The lowest BCUT2D eigenvalue weighted by Gasteiger charge is -2.15. The van der Waals surface area contributed by atoms with Gasteiger partial charge in [0.05, 0.1) is 19.3 Å². The van der Waals surface area contributed by atoms with Gasteiger partial charge in [0.1, 0.15) is 5.75 Å². The van der Waals surface area contributed by atoms with Crippen molar-refractivity contribution >= 4 is 5.91 Å². The molecule has 0 spiro atoms. The second-order valence-corrected chi connectivity index (χ2v) is 5.93. The number of carbonyl (C=O) groups excluding carboxylic acids is 1. The first-order valence-electron chi connectivity index (χ1n) is 7.91. The van der Waals surface area contributed by atoms with E-state index >= 15 is 0 Å². The first-order chi connectivity index (χ1) is 11.0. The van der Waals surface area contributed by atoms with E-state index in [2.05, 4.69) is 10.4 Å². The summed E-state index contributed by atoms with van der Waals surface area (Å²) >= 11 is 0. The van der Waals surface area contributed by atoms with E-state index in [0.29, 0.717) is 19.4 Å². The predicted molar refractivity (Wildman–Crippen MR) is 90.6 cm³/mol. The molecule has 0 saturated heterocycles. The third kappa shape index (κ3) is 5.13. The van der Waals surface area contributed by atoms with Gasteiger partial charge in [-0.3, -0.25) is 9.48 Å². The Hall–Kier alpha value is -2.30. The molecule has 0 aliphatic heterocycles. The molecule has 0 aliphatic rings. The Morgan fingerprint density at radius 3 is 2.78 bits per heavy atom. The monoisotopic (exact) mass is 315 g/mol. The zero-order chi connectivity index (χ0) is 16.8. The summed E-state index contributed by atoms with van der Waals surface area (Å²) < 4.78 is 7.13. The van der Waals surface area contributed by atoms with E-state index in [0.717, 1.165) is 22.7 Å². The minimum absolute atomic E-state index is 0.0470. The second kappa shape index (κ2) is 7.81. The molecule has 1 atom stereocenters. The average Bonchev–Trinajstić information content (AvgIpc) is 2.83. The van der Waals surface area contributed by atoms with Gasteiger partial charge in [0.2, 0.25) is 5.91 Å². The largest absolute Gasteiger partial charge is 0.497 e. The number of aryl methyl sites for hydroxylation is 3. The number of nitrogens with zero attached hydrogens (tertiary/aromatic N) is 2. The number of amides is 1. The Morgan fingerprint density at radius 2 is 2.13 bits per heavy atom. The van der Waals surface area contributed by atoms with Crippen LogP contribution in [-0.2, 0) is 17.8 Å². The Morgan fingerprint density at radius 1 is 1.35 bits per heavy atom. The van der Waals surface area contributed by atoms with Crippen LogP contribution in [0.25, 0.3) is 0 Å². The van der Waals surface area contributed by atoms with Crippen molar-refractivity contribution in [3.8, 4) is 5.75 Å². The van der Waals surface area contributed by atoms with Crippen LogP contribution in [0.4, 0.5) is 0 Å². The minimum Gasteiger partial charge on any atom is -0.497 e. The molecular weight excluding hydrogens is 290 g/mol. The lowest BCUT2D eigenvalue weighted by Crippen LogP contribution is -2.36. The first-order valence-corrected chi connectivity index (χ1v) is 7.91. The number of benzene rings is 1. The molecule has 1 aromatic carbocycles. The van der Waals surface area contributed by atoms with Crippen LogP contribution in [0.1, 0.15) is 30.3 Å². The molecule has 1 heterocycles. The maximum atomic E-state index is 12.1. The van der Waals surface area contributed by atoms with Crippen LogP contribution in [0.2, 0.25) is 0 Å². The smallest absolute Gasteiger partial charge is 0.220 e. The molecule has 1 aromatic heterocycles. The molecule has 0 radical (unpaired) electrons. The van der Waals surface area contributed by atoms with Crippen molar-refractivity contribution in [3.63, 3.8) is 0 Å². The number of carbonyl (C=O) groups is 1. The van der Waals surface area contributed by atoms with Gasteiger partial charge in [-0.05, 0) is 51.0 Å². The van der Waals surface area contributed by atoms with Gasteiger partial charge in [-0.25, -0.2) is 0 Å². The van der Waals surface area contributed by atoms with Gasteiger partial charge in [0, 0.05) is 18.2 Å². The van der Waals surface area contributed by atoms with Crippen LogP contribution in [0, 0.1) is 13.8 Å². The van der Waals surface area contributed by atoms with E-state index in [-0.39, 0.29) is 11.9 Å². The molecule has 124 valence electrons. The molecule has 0 bridgehead atoms. The standard InChI is InChI=1S/C18H25N3O2/c1-13-10-15(3)21(20-13)12-14(2)19-18(22)9-8-16-6-5-7-17(11-16)23-4/h5-7,10-11,14H,8-9,12H2,1-4H3,(H,19,22)/t14-/m0/s1. The summed E-state index contributed by atoms with van der Waals surface area (Å²) in [5.41, 5.74) is 3.21. The van der Waals surface area contributed by atoms with Gasteiger partial charge in [0.25, 0.3) is 0 Å². The summed E-state index contributed by atoms with van der Waals surface area (Å²) in [6.45, 7) is 6.68. The molecule has 0 aliphatic carbocycles. The van der Waals surface area contributed by atoms with Gasteiger partial charge in [-0.2, -0.15) is 5.10 Å². The highest BCUT2D eigenvalue weighted by Crippen LogP contribution is 2.13. The third-order valence-electron chi connectivity index (χ3n) is 3.73. The number of hydrogen-bond acceptors (Lipinski definition) is 3. The number of methoxy groups -OCH3 is 1. The molecule has 0 fully saturated rings. The first kappa shape index (κ1) is 17.1. The van der Waals surface area contributed by atoms with Crippen LogP contribution in [0.15, 0.2) is 30.3 Å². The van der Waals surface area contributed by atoms with Crippen molar-refractivity contribution in [1.29, 1.82) is 0 Å². The van der Waals surface area contributed by atoms with Crippen molar-refractivity contribution in [3.05, 3.63) is 47.3 Å². The highest BCUT2D eigenvalue weighted by Gasteiger charge is 2.10. The predicted octanol–water partition coefficient (Wildman–Crippen LogP) is 2.65. The summed E-state index contributed by atoms with van der Waals surface area (Å²) in [6, 6.07) is 9.90. The number of rotatable bonds is 7. The molecule has 2 aromatic rings. The van der Waals surface area contributed by atoms with Gasteiger partial charge in [-0.1, -0.05) is 12.1 Å². The van der Waals surface area contributed by atoms with Crippen LogP contribution in [0.5, 0.6) is 5.75 Å². The lowest BCUT2D eigenvalue weighted by atomic mass is 10.1. The fraction of sp³-hybridized carbons (Fsp3) is 0.444. The maximum Gasteiger partial charge on any atom is 0.220 e. The summed E-state index contributed by atoms with van der Waals surface area (Å²) in [5.74, 6) is 0.877. The molecule has 1 amide bonds. The average molecular weight is 315 g/mol. The van der Waals surface area contributed by atoms with Crippen LogP contribution in [0.3, 0.4) is 0 Å². The third-order valence-corrected chi connectivity index (χ3v) is 3.73. The Bertz CT molecular complexity index is 664. The minimum atomic E-state index is 0.0470. The number of nitrogens with one attached hydrogen (secondary N) is 1. The van der Waals surface area contributed by atoms with Crippen molar-refractivity contribution in [2.45, 2.75) is 46.2 Å². The fourth-order valence-electron chi connectivity index (χ4n) is 2.60. The van der Waals surface area contributed by atoms with E-state index in [1.807, 2.05) is 55.8 Å². The molecule has 23 heavy (non-hydrogen) atoms. The van der Waals surface area contributed by atoms with Crippen molar-refractivity contribution in [1.82, 2.24) is 15.1 Å². The molecular formula is C18H25N3O2.